The van der Waals surface area contributed by atoms with Crippen LogP contribution in [0, 0.1) is 5.92 Å². The molecule has 0 aliphatic carbocycles. The van der Waals surface area contributed by atoms with Crippen molar-refractivity contribution in [3.63, 3.8) is 0 Å². The van der Waals surface area contributed by atoms with Gasteiger partial charge in [-0.2, -0.15) is 0 Å². The number of nitrogens with two attached hydrogens (primary N) is 1. The quantitative estimate of drug-likeness (QED) is 0.819. The molecule has 1 aromatic carbocycles. The number of carbonyl (C=O) groups excluding carboxylic acids is 1. The largest absolute Gasteiger partial charge is 0.399 e. The Morgan fingerprint density at radius 1 is 1.29 bits per heavy atom. The van der Waals surface area contributed by atoms with E-state index in [1.807, 2.05) is 6.92 Å². The van der Waals surface area contributed by atoms with Crippen LogP contribution in [0.25, 0.3) is 0 Å². The summed E-state index contributed by atoms with van der Waals surface area (Å²) < 4.78 is 26.1. The third-order valence-corrected chi connectivity index (χ3v) is 5.79. The van der Waals surface area contributed by atoms with E-state index < -0.39 is 15.9 Å². The van der Waals surface area contributed by atoms with Crippen LogP contribution in [0.3, 0.4) is 0 Å². The fourth-order valence-corrected chi connectivity index (χ4v) is 4.30. The van der Waals surface area contributed by atoms with Gasteiger partial charge in [0.05, 0.1) is 5.56 Å². The summed E-state index contributed by atoms with van der Waals surface area (Å²) in [4.78, 5) is 12.4. The van der Waals surface area contributed by atoms with Crippen molar-refractivity contribution in [3.8, 4) is 0 Å². The molecule has 0 saturated carbocycles. The van der Waals surface area contributed by atoms with Crippen molar-refractivity contribution < 1.29 is 13.2 Å². The molecule has 0 spiro atoms. The molecule has 1 amide bonds. The molecule has 1 unspecified atom stereocenters. The molecule has 21 heavy (non-hydrogen) atoms. The third-order valence-electron chi connectivity index (χ3n) is 4.00. The second-order valence-corrected chi connectivity index (χ2v) is 7.34. The molecule has 1 aliphatic heterocycles. The van der Waals surface area contributed by atoms with Gasteiger partial charge in [-0.15, -0.1) is 0 Å². The van der Waals surface area contributed by atoms with Gasteiger partial charge in [-0.1, -0.05) is 33.1 Å². The minimum Gasteiger partial charge on any atom is -0.399 e. The van der Waals surface area contributed by atoms with E-state index in [9.17, 15) is 13.2 Å². The third kappa shape index (κ3) is 2.90. The first-order valence-corrected chi connectivity index (χ1v) is 8.82. The average Bonchev–Trinajstić information content (AvgIpc) is 2.63. The van der Waals surface area contributed by atoms with E-state index in [1.54, 1.807) is 6.07 Å². The lowest BCUT2D eigenvalue weighted by Crippen LogP contribution is -2.34. The summed E-state index contributed by atoms with van der Waals surface area (Å²) in [5, 5.41) is 0. The van der Waals surface area contributed by atoms with E-state index in [1.165, 1.54) is 12.1 Å². The maximum atomic E-state index is 12.5. The Morgan fingerprint density at radius 3 is 2.62 bits per heavy atom. The Bertz CT molecular complexity index is 640. The minimum absolute atomic E-state index is 0.0397. The standard InChI is InChI=1S/C15H22N2O3S/c1-3-5-6-11(4-2)10-17-15(18)13-8-7-12(16)9-14(13)21(17,19)20/h7-9,11H,3-6,10,16H2,1-2H3. The molecular weight excluding hydrogens is 288 g/mol. The number of nitrogen functional groups attached to an aromatic ring is 1. The van der Waals surface area contributed by atoms with E-state index in [2.05, 4.69) is 6.92 Å². The lowest BCUT2D eigenvalue weighted by Gasteiger charge is -2.21. The Kier molecular flexibility index (Phi) is 4.56. The van der Waals surface area contributed by atoms with Gasteiger partial charge in [-0.25, -0.2) is 12.7 Å². The van der Waals surface area contributed by atoms with Crippen LogP contribution >= 0.6 is 0 Å². The van der Waals surface area contributed by atoms with Crippen molar-refractivity contribution in [1.29, 1.82) is 0 Å². The number of carbonyl (C=O) groups is 1. The fourth-order valence-electron chi connectivity index (χ4n) is 2.62. The molecule has 116 valence electrons. The highest BCUT2D eigenvalue weighted by molar-refractivity contribution is 7.90. The molecular formula is C15H22N2O3S. The first kappa shape index (κ1) is 15.8. The van der Waals surface area contributed by atoms with E-state index in [0.29, 0.717) is 5.69 Å². The minimum atomic E-state index is -3.74. The van der Waals surface area contributed by atoms with Crippen molar-refractivity contribution in [2.24, 2.45) is 5.92 Å². The van der Waals surface area contributed by atoms with Crippen molar-refractivity contribution >= 4 is 21.6 Å². The topological polar surface area (TPSA) is 80.5 Å². The van der Waals surface area contributed by atoms with Gasteiger partial charge in [0.15, 0.2) is 0 Å². The van der Waals surface area contributed by atoms with Crippen molar-refractivity contribution in [2.75, 3.05) is 12.3 Å². The first-order valence-electron chi connectivity index (χ1n) is 7.38. The molecule has 5 nitrogen and oxygen atoms in total. The van der Waals surface area contributed by atoms with Crippen LogP contribution in [-0.4, -0.2) is 25.2 Å². The molecule has 0 radical (unpaired) electrons. The number of sulfonamides is 1. The van der Waals surface area contributed by atoms with Crippen molar-refractivity contribution in [1.82, 2.24) is 4.31 Å². The zero-order valence-corrected chi connectivity index (χ0v) is 13.3. The van der Waals surface area contributed by atoms with Gasteiger partial charge >= 0.3 is 0 Å². The normalized spacial score (nSPS) is 17.8. The van der Waals surface area contributed by atoms with Gasteiger partial charge in [-0.05, 0) is 30.5 Å². The maximum Gasteiger partial charge on any atom is 0.269 e. The average molecular weight is 310 g/mol. The molecule has 1 aromatic rings. The molecule has 1 aliphatic rings. The van der Waals surface area contributed by atoms with Crippen LogP contribution in [-0.2, 0) is 10.0 Å². The highest BCUT2D eigenvalue weighted by Crippen LogP contribution is 2.33. The Morgan fingerprint density at radius 2 is 2.00 bits per heavy atom. The lowest BCUT2D eigenvalue weighted by molar-refractivity contribution is 0.0854. The van der Waals surface area contributed by atoms with E-state index in [0.717, 1.165) is 30.0 Å². The van der Waals surface area contributed by atoms with Crippen LogP contribution in [0.5, 0.6) is 0 Å². The second kappa shape index (κ2) is 6.05. The predicted molar refractivity (Wildman–Crippen MR) is 82.4 cm³/mol. The number of hydrogen-bond donors (Lipinski definition) is 1. The van der Waals surface area contributed by atoms with E-state index in [4.69, 9.17) is 5.73 Å². The summed E-state index contributed by atoms with van der Waals surface area (Å²) in [7, 11) is -3.74. The molecule has 0 saturated heterocycles. The molecule has 0 aromatic heterocycles. The fraction of sp³-hybridized carbons (Fsp3) is 0.533. The highest BCUT2D eigenvalue weighted by Gasteiger charge is 2.41. The van der Waals surface area contributed by atoms with Crippen LogP contribution in [0.15, 0.2) is 23.1 Å². The Balaban J connectivity index is 2.29. The van der Waals surface area contributed by atoms with Crippen molar-refractivity contribution in [2.45, 2.75) is 44.4 Å². The maximum absolute atomic E-state index is 12.5. The number of fused-ring (bicyclic) bond motifs is 1. The number of rotatable bonds is 6. The van der Waals surface area contributed by atoms with Gasteiger partial charge in [0.2, 0.25) is 0 Å². The molecule has 1 atom stereocenters. The predicted octanol–water partition coefficient (Wildman–Crippen LogP) is 2.63. The molecule has 6 heteroatoms. The summed E-state index contributed by atoms with van der Waals surface area (Å²) in [6.07, 6.45) is 3.90. The van der Waals surface area contributed by atoms with Gasteiger partial charge in [-0.3, -0.25) is 4.79 Å². The van der Waals surface area contributed by atoms with Gasteiger partial charge in [0, 0.05) is 12.2 Å². The van der Waals surface area contributed by atoms with Gasteiger partial charge in [0.25, 0.3) is 15.9 Å². The summed E-state index contributed by atoms with van der Waals surface area (Å²) in [5.74, 6) is -0.227. The molecule has 2 rings (SSSR count). The highest BCUT2D eigenvalue weighted by atomic mass is 32.2. The smallest absolute Gasteiger partial charge is 0.269 e. The van der Waals surface area contributed by atoms with Gasteiger partial charge in [0.1, 0.15) is 4.90 Å². The lowest BCUT2D eigenvalue weighted by atomic mass is 9.99. The monoisotopic (exact) mass is 310 g/mol. The zero-order chi connectivity index (χ0) is 15.6. The van der Waals surface area contributed by atoms with Crippen LogP contribution in [0.2, 0.25) is 0 Å². The Labute approximate surface area is 126 Å². The van der Waals surface area contributed by atoms with Crippen LogP contribution in [0.1, 0.15) is 49.9 Å². The summed E-state index contributed by atoms with van der Waals surface area (Å²) in [6, 6.07) is 4.43. The molecule has 2 N–H and O–H groups in total. The number of amides is 1. The number of hydrogen-bond acceptors (Lipinski definition) is 4. The molecule has 0 fully saturated rings. The summed E-state index contributed by atoms with van der Waals surface area (Å²) in [6.45, 7) is 4.38. The van der Waals surface area contributed by atoms with Gasteiger partial charge < -0.3 is 5.73 Å². The zero-order valence-electron chi connectivity index (χ0n) is 12.5. The number of nitrogens with zero attached hydrogens (tertiary/aromatic N) is 1. The number of anilines is 1. The van der Waals surface area contributed by atoms with E-state index >= 15 is 0 Å². The Hall–Kier alpha value is -1.56. The van der Waals surface area contributed by atoms with Crippen molar-refractivity contribution in [3.05, 3.63) is 23.8 Å². The summed E-state index contributed by atoms with van der Waals surface area (Å²) >= 11 is 0. The summed E-state index contributed by atoms with van der Waals surface area (Å²) in [5.41, 5.74) is 6.22. The number of benzene rings is 1. The van der Waals surface area contributed by atoms with Crippen LogP contribution in [0.4, 0.5) is 5.69 Å². The molecule has 1 heterocycles. The SMILES string of the molecule is CCCCC(CC)CN1C(=O)c2ccc(N)cc2S1(=O)=O. The first-order chi connectivity index (χ1) is 9.91. The van der Waals surface area contributed by atoms with E-state index in [-0.39, 0.29) is 22.9 Å². The second-order valence-electron chi connectivity index (χ2n) is 5.51. The van der Waals surface area contributed by atoms with Crippen LogP contribution < -0.4 is 5.73 Å². The number of unbranched alkanes of at least 4 members (excludes halogenated alkanes) is 1. The molecule has 0 bridgehead atoms.